The molecule has 2 aromatic rings. The zero-order valence-corrected chi connectivity index (χ0v) is 8.55. The minimum atomic E-state index is 0.634. The lowest BCUT2D eigenvalue weighted by atomic mass is 10.3. The summed E-state index contributed by atoms with van der Waals surface area (Å²) < 4.78 is 5.65. The summed E-state index contributed by atoms with van der Waals surface area (Å²) in [4.78, 5) is 0. The maximum atomic E-state index is 8.59. The molecular weight excluding hydrogens is 200 g/mol. The molecule has 78 valence electrons. The van der Waals surface area contributed by atoms with Crippen molar-refractivity contribution in [3.63, 3.8) is 0 Å². The van der Waals surface area contributed by atoms with Crippen molar-refractivity contribution in [2.75, 3.05) is 5.32 Å². The quantitative estimate of drug-likeness (QED) is 0.624. The minimum Gasteiger partial charge on any atom is -0.455 e. The van der Waals surface area contributed by atoms with Crippen LogP contribution in [0, 0.1) is 11.5 Å². The zero-order valence-electron chi connectivity index (χ0n) is 8.55. The summed E-state index contributed by atoms with van der Waals surface area (Å²) in [6.45, 7) is 0. The molecule has 0 bridgehead atoms. The van der Waals surface area contributed by atoms with E-state index in [2.05, 4.69) is 5.32 Å². The van der Waals surface area contributed by atoms with E-state index in [-0.39, 0.29) is 0 Å². The zero-order chi connectivity index (χ0) is 11.2. The van der Waals surface area contributed by atoms with Crippen LogP contribution in [0.5, 0.6) is 11.5 Å². The Morgan fingerprint density at radius 2 is 1.62 bits per heavy atom. The molecule has 0 aliphatic rings. The van der Waals surface area contributed by atoms with E-state index in [1.807, 2.05) is 54.7 Å². The topological polar surface area (TPSA) is 45.0 Å². The Morgan fingerprint density at radius 3 is 2.38 bits per heavy atom. The lowest BCUT2D eigenvalue weighted by molar-refractivity contribution is 0.485. The SMILES string of the molecule is N#CNc1ccccc1Oc1ccccc1. The molecule has 0 heterocycles. The molecule has 16 heavy (non-hydrogen) atoms. The number of ether oxygens (including phenoxy) is 1. The van der Waals surface area contributed by atoms with Crippen molar-refractivity contribution in [3.8, 4) is 17.7 Å². The van der Waals surface area contributed by atoms with Crippen LogP contribution in [0.25, 0.3) is 0 Å². The van der Waals surface area contributed by atoms with E-state index in [1.165, 1.54) is 0 Å². The third-order valence-corrected chi connectivity index (χ3v) is 2.05. The standard InChI is InChI=1S/C13H10N2O/c14-10-15-12-8-4-5-9-13(12)16-11-6-2-1-3-7-11/h1-9,15H. The second-order valence-electron chi connectivity index (χ2n) is 3.15. The molecule has 0 saturated carbocycles. The van der Waals surface area contributed by atoms with Crippen molar-refractivity contribution < 1.29 is 4.74 Å². The Morgan fingerprint density at radius 1 is 0.938 bits per heavy atom. The van der Waals surface area contributed by atoms with Gasteiger partial charge >= 0.3 is 0 Å². The van der Waals surface area contributed by atoms with Gasteiger partial charge in [-0.25, -0.2) is 0 Å². The molecule has 0 aliphatic heterocycles. The van der Waals surface area contributed by atoms with E-state index in [1.54, 1.807) is 6.07 Å². The Labute approximate surface area is 93.9 Å². The minimum absolute atomic E-state index is 0.634. The van der Waals surface area contributed by atoms with Crippen LogP contribution < -0.4 is 10.1 Å². The molecule has 3 heteroatoms. The van der Waals surface area contributed by atoms with Gasteiger partial charge in [-0.15, -0.1) is 0 Å². The lowest BCUT2D eigenvalue weighted by Crippen LogP contribution is -1.92. The molecule has 0 radical (unpaired) electrons. The summed E-state index contributed by atoms with van der Waals surface area (Å²) in [5.41, 5.74) is 0.661. The first kappa shape index (κ1) is 10.1. The number of para-hydroxylation sites is 3. The van der Waals surface area contributed by atoms with E-state index < -0.39 is 0 Å². The Balaban J connectivity index is 2.25. The number of anilines is 1. The third-order valence-electron chi connectivity index (χ3n) is 2.05. The van der Waals surface area contributed by atoms with Gasteiger partial charge in [-0.05, 0) is 24.3 Å². The number of hydrogen-bond acceptors (Lipinski definition) is 3. The van der Waals surface area contributed by atoms with Crippen molar-refractivity contribution in [3.05, 3.63) is 54.6 Å². The molecule has 0 unspecified atom stereocenters. The molecule has 2 aromatic carbocycles. The van der Waals surface area contributed by atoms with Crippen LogP contribution in [0.1, 0.15) is 0 Å². The van der Waals surface area contributed by atoms with Crippen molar-refractivity contribution in [2.45, 2.75) is 0 Å². The highest BCUT2D eigenvalue weighted by atomic mass is 16.5. The number of nitrogens with one attached hydrogen (secondary N) is 1. The first-order valence-electron chi connectivity index (χ1n) is 4.87. The monoisotopic (exact) mass is 210 g/mol. The van der Waals surface area contributed by atoms with Gasteiger partial charge in [-0.1, -0.05) is 30.3 Å². The Kier molecular flexibility index (Phi) is 3.05. The van der Waals surface area contributed by atoms with Crippen LogP contribution in [0.4, 0.5) is 5.69 Å². The predicted octanol–water partition coefficient (Wildman–Crippen LogP) is 3.37. The fraction of sp³-hybridized carbons (Fsp3) is 0. The number of hydrogen-bond donors (Lipinski definition) is 1. The van der Waals surface area contributed by atoms with Crippen LogP contribution >= 0.6 is 0 Å². The van der Waals surface area contributed by atoms with Crippen LogP contribution in [0.15, 0.2) is 54.6 Å². The summed E-state index contributed by atoms with van der Waals surface area (Å²) in [5.74, 6) is 1.38. The molecule has 0 spiro atoms. The number of rotatable bonds is 3. The number of benzene rings is 2. The van der Waals surface area contributed by atoms with Crippen LogP contribution in [-0.4, -0.2) is 0 Å². The molecule has 2 rings (SSSR count). The highest BCUT2D eigenvalue weighted by Crippen LogP contribution is 2.28. The molecule has 3 nitrogen and oxygen atoms in total. The molecule has 0 amide bonds. The third kappa shape index (κ3) is 2.31. The van der Waals surface area contributed by atoms with Gasteiger partial charge in [0, 0.05) is 0 Å². The summed E-state index contributed by atoms with van der Waals surface area (Å²) >= 11 is 0. The Hall–Kier alpha value is -2.47. The molecular formula is C13H10N2O. The van der Waals surface area contributed by atoms with Crippen molar-refractivity contribution in [1.29, 1.82) is 5.26 Å². The predicted molar refractivity (Wildman–Crippen MR) is 62.2 cm³/mol. The van der Waals surface area contributed by atoms with Gasteiger partial charge in [-0.2, -0.15) is 5.26 Å². The van der Waals surface area contributed by atoms with E-state index in [9.17, 15) is 0 Å². The van der Waals surface area contributed by atoms with Gasteiger partial charge in [0.2, 0.25) is 0 Å². The molecule has 0 aliphatic carbocycles. The van der Waals surface area contributed by atoms with Crippen LogP contribution in [0.2, 0.25) is 0 Å². The van der Waals surface area contributed by atoms with Crippen molar-refractivity contribution in [1.82, 2.24) is 0 Å². The average molecular weight is 210 g/mol. The second-order valence-corrected chi connectivity index (χ2v) is 3.15. The van der Waals surface area contributed by atoms with Crippen LogP contribution in [-0.2, 0) is 0 Å². The smallest absolute Gasteiger partial charge is 0.181 e. The fourth-order valence-corrected chi connectivity index (χ4v) is 1.33. The highest BCUT2D eigenvalue weighted by molar-refractivity contribution is 5.59. The molecule has 0 fully saturated rings. The largest absolute Gasteiger partial charge is 0.455 e. The van der Waals surface area contributed by atoms with Gasteiger partial charge < -0.3 is 4.74 Å². The van der Waals surface area contributed by atoms with Crippen molar-refractivity contribution in [2.24, 2.45) is 0 Å². The molecule has 0 saturated heterocycles. The van der Waals surface area contributed by atoms with E-state index >= 15 is 0 Å². The second kappa shape index (κ2) is 4.85. The summed E-state index contributed by atoms with van der Waals surface area (Å²) in [5, 5.41) is 11.2. The summed E-state index contributed by atoms with van der Waals surface area (Å²) in [7, 11) is 0. The van der Waals surface area contributed by atoms with Gasteiger partial charge in [0.15, 0.2) is 11.9 Å². The highest BCUT2D eigenvalue weighted by Gasteiger charge is 2.02. The fourth-order valence-electron chi connectivity index (χ4n) is 1.33. The van der Waals surface area contributed by atoms with E-state index in [0.29, 0.717) is 11.4 Å². The molecule has 0 atom stereocenters. The first-order valence-corrected chi connectivity index (χ1v) is 4.87. The molecule has 1 N–H and O–H groups in total. The maximum Gasteiger partial charge on any atom is 0.181 e. The summed E-state index contributed by atoms with van der Waals surface area (Å²) in [6, 6.07) is 16.8. The molecule has 0 aromatic heterocycles. The van der Waals surface area contributed by atoms with E-state index in [4.69, 9.17) is 10.00 Å². The van der Waals surface area contributed by atoms with Gasteiger partial charge in [0.05, 0.1) is 5.69 Å². The van der Waals surface area contributed by atoms with Gasteiger partial charge in [0.25, 0.3) is 0 Å². The maximum absolute atomic E-state index is 8.59. The van der Waals surface area contributed by atoms with Crippen LogP contribution in [0.3, 0.4) is 0 Å². The first-order chi connectivity index (χ1) is 7.90. The van der Waals surface area contributed by atoms with Gasteiger partial charge in [-0.3, -0.25) is 5.32 Å². The van der Waals surface area contributed by atoms with E-state index in [0.717, 1.165) is 5.75 Å². The summed E-state index contributed by atoms with van der Waals surface area (Å²) in [6.07, 6.45) is 1.88. The average Bonchev–Trinajstić information content (AvgIpc) is 2.33. The van der Waals surface area contributed by atoms with Gasteiger partial charge in [0.1, 0.15) is 5.75 Å². The Bertz CT molecular complexity index is 503. The normalized spacial score (nSPS) is 9.19. The number of nitrogens with zero attached hydrogens (tertiary/aromatic N) is 1. The number of nitriles is 1. The lowest BCUT2D eigenvalue weighted by Gasteiger charge is -2.08. The van der Waals surface area contributed by atoms with Crippen molar-refractivity contribution >= 4 is 5.69 Å².